The molecule has 0 unspecified atom stereocenters. The Kier molecular flexibility index (Phi) is 4.94. The van der Waals surface area contributed by atoms with Gasteiger partial charge in [0, 0.05) is 23.7 Å². The lowest BCUT2D eigenvalue weighted by atomic mass is 10.1. The van der Waals surface area contributed by atoms with Crippen LogP contribution in [0, 0.1) is 5.82 Å². The van der Waals surface area contributed by atoms with E-state index in [9.17, 15) is 9.18 Å². The van der Waals surface area contributed by atoms with Crippen LogP contribution in [0.4, 0.5) is 4.39 Å². The van der Waals surface area contributed by atoms with E-state index in [1.807, 2.05) is 11.9 Å². The van der Waals surface area contributed by atoms with Crippen LogP contribution in [0.25, 0.3) is 0 Å². The Morgan fingerprint density at radius 3 is 2.43 bits per heavy atom. The lowest BCUT2D eigenvalue weighted by Crippen LogP contribution is -2.18. The summed E-state index contributed by atoms with van der Waals surface area (Å²) in [6.07, 6.45) is 0. The number of carboxylic acids is 1. The van der Waals surface area contributed by atoms with Crippen LogP contribution in [0.1, 0.15) is 21.5 Å². The molecule has 2 rings (SSSR count). The van der Waals surface area contributed by atoms with Gasteiger partial charge in [-0.15, -0.1) is 0 Å². The van der Waals surface area contributed by atoms with Crippen LogP contribution in [0.3, 0.4) is 0 Å². The molecule has 0 spiro atoms. The predicted octanol–water partition coefficient (Wildman–Crippen LogP) is 3.81. The minimum atomic E-state index is -0.951. The summed E-state index contributed by atoms with van der Waals surface area (Å²) in [5, 5.41) is 9.25. The van der Waals surface area contributed by atoms with Gasteiger partial charge in [-0.25, -0.2) is 9.18 Å². The number of carbonyl (C=O) groups is 1. The minimum Gasteiger partial charge on any atom is -0.478 e. The number of carboxylic acid groups (broad SMARTS) is 1. The van der Waals surface area contributed by atoms with Crippen molar-refractivity contribution < 1.29 is 14.3 Å². The molecule has 5 heteroatoms. The molecule has 110 valence electrons. The van der Waals surface area contributed by atoms with E-state index >= 15 is 0 Å². The standard InChI is InChI=1S/C16H15ClFNO2/c1-19(10-13-14(17)3-2-4-15(13)18)9-11-5-7-12(8-6-11)16(20)21/h2-8H,9-10H2,1H3,(H,20,21). The van der Waals surface area contributed by atoms with Gasteiger partial charge in [-0.1, -0.05) is 29.8 Å². The van der Waals surface area contributed by atoms with E-state index in [0.717, 1.165) is 5.56 Å². The van der Waals surface area contributed by atoms with Crippen molar-refractivity contribution in [1.29, 1.82) is 0 Å². The van der Waals surface area contributed by atoms with Crippen molar-refractivity contribution in [3.05, 3.63) is 70.0 Å². The number of benzene rings is 2. The van der Waals surface area contributed by atoms with Crippen LogP contribution < -0.4 is 0 Å². The molecule has 21 heavy (non-hydrogen) atoms. The molecular formula is C16H15ClFNO2. The minimum absolute atomic E-state index is 0.249. The van der Waals surface area contributed by atoms with E-state index in [2.05, 4.69) is 0 Å². The molecule has 0 aliphatic heterocycles. The van der Waals surface area contributed by atoms with Gasteiger partial charge < -0.3 is 5.11 Å². The van der Waals surface area contributed by atoms with Crippen LogP contribution in [0.15, 0.2) is 42.5 Å². The Bertz CT molecular complexity index is 623. The highest BCUT2D eigenvalue weighted by molar-refractivity contribution is 6.31. The molecule has 0 saturated heterocycles. The molecule has 0 aliphatic rings. The maximum Gasteiger partial charge on any atom is 0.335 e. The van der Waals surface area contributed by atoms with Crippen molar-refractivity contribution in [2.24, 2.45) is 0 Å². The molecule has 2 aromatic carbocycles. The van der Waals surface area contributed by atoms with Gasteiger partial charge in [-0.2, -0.15) is 0 Å². The summed E-state index contributed by atoms with van der Waals surface area (Å²) in [6.45, 7) is 0.955. The fourth-order valence-electron chi connectivity index (χ4n) is 2.07. The highest BCUT2D eigenvalue weighted by atomic mass is 35.5. The molecule has 0 bridgehead atoms. The molecule has 1 N–H and O–H groups in total. The average molecular weight is 308 g/mol. The molecule has 2 aromatic rings. The zero-order valence-electron chi connectivity index (χ0n) is 11.5. The summed E-state index contributed by atoms with van der Waals surface area (Å²) in [6, 6.07) is 11.2. The first-order valence-electron chi connectivity index (χ1n) is 6.41. The third-order valence-electron chi connectivity index (χ3n) is 3.14. The summed E-state index contributed by atoms with van der Waals surface area (Å²) in [5.74, 6) is -1.27. The van der Waals surface area contributed by atoms with Crippen molar-refractivity contribution in [2.45, 2.75) is 13.1 Å². The largest absolute Gasteiger partial charge is 0.478 e. The van der Waals surface area contributed by atoms with Crippen molar-refractivity contribution in [3.63, 3.8) is 0 Å². The summed E-state index contributed by atoms with van der Waals surface area (Å²) in [4.78, 5) is 12.7. The number of rotatable bonds is 5. The smallest absolute Gasteiger partial charge is 0.335 e. The fourth-order valence-corrected chi connectivity index (χ4v) is 2.30. The molecular weight excluding hydrogens is 293 g/mol. The van der Waals surface area contributed by atoms with E-state index in [4.69, 9.17) is 16.7 Å². The van der Waals surface area contributed by atoms with Crippen LogP contribution in [-0.4, -0.2) is 23.0 Å². The van der Waals surface area contributed by atoms with E-state index in [1.54, 1.807) is 36.4 Å². The Morgan fingerprint density at radius 2 is 1.86 bits per heavy atom. The average Bonchev–Trinajstić information content (AvgIpc) is 2.43. The monoisotopic (exact) mass is 307 g/mol. The molecule has 0 amide bonds. The van der Waals surface area contributed by atoms with Gasteiger partial charge in [0.05, 0.1) is 5.56 Å². The Morgan fingerprint density at radius 1 is 1.19 bits per heavy atom. The normalized spacial score (nSPS) is 10.9. The number of aromatic carboxylic acids is 1. The molecule has 0 saturated carbocycles. The molecule has 0 atom stereocenters. The second kappa shape index (κ2) is 6.70. The molecule has 0 fully saturated rings. The summed E-state index contributed by atoms with van der Waals surface area (Å²) in [7, 11) is 1.86. The Hall–Kier alpha value is -1.91. The molecule has 0 aliphatic carbocycles. The van der Waals surface area contributed by atoms with Crippen LogP contribution in [-0.2, 0) is 13.1 Å². The first-order chi connectivity index (χ1) is 9.97. The van der Waals surface area contributed by atoms with Crippen molar-refractivity contribution in [3.8, 4) is 0 Å². The number of nitrogens with zero attached hydrogens (tertiary/aromatic N) is 1. The lowest BCUT2D eigenvalue weighted by Gasteiger charge is -2.18. The topological polar surface area (TPSA) is 40.5 Å². The third kappa shape index (κ3) is 4.03. The summed E-state index contributed by atoms with van der Waals surface area (Å²) < 4.78 is 13.7. The van der Waals surface area contributed by atoms with E-state index in [1.165, 1.54) is 6.07 Å². The lowest BCUT2D eigenvalue weighted by molar-refractivity contribution is 0.0697. The number of halogens is 2. The quantitative estimate of drug-likeness (QED) is 0.913. The molecule has 0 aromatic heterocycles. The molecule has 3 nitrogen and oxygen atoms in total. The maximum absolute atomic E-state index is 13.7. The zero-order chi connectivity index (χ0) is 15.4. The third-order valence-corrected chi connectivity index (χ3v) is 3.50. The fraction of sp³-hybridized carbons (Fsp3) is 0.188. The van der Waals surface area contributed by atoms with Gasteiger partial charge in [-0.3, -0.25) is 4.90 Å². The highest BCUT2D eigenvalue weighted by Gasteiger charge is 2.10. The summed E-state index contributed by atoms with van der Waals surface area (Å²) in [5.41, 5.74) is 1.66. The highest BCUT2D eigenvalue weighted by Crippen LogP contribution is 2.21. The van der Waals surface area contributed by atoms with Crippen molar-refractivity contribution in [2.75, 3.05) is 7.05 Å². The van der Waals surface area contributed by atoms with E-state index in [-0.39, 0.29) is 11.4 Å². The van der Waals surface area contributed by atoms with Crippen LogP contribution in [0.5, 0.6) is 0 Å². The first-order valence-corrected chi connectivity index (χ1v) is 6.79. The van der Waals surface area contributed by atoms with Crippen molar-refractivity contribution >= 4 is 17.6 Å². The van der Waals surface area contributed by atoms with Gasteiger partial charge in [0.15, 0.2) is 0 Å². The van der Waals surface area contributed by atoms with E-state index < -0.39 is 5.97 Å². The van der Waals surface area contributed by atoms with E-state index in [0.29, 0.717) is 23.7 Å². The number of hydrogen-bond acceptors (Lipinski definition) is 2. The van der Waals surface area contributed by atoms with Gasteiger partial charge in [0.2, 0.25) is 0 Å². The predicted molar refractivity (Wildman–Crippen MR) is 80.0 cm³/mol. The van der Waals surface area contributed by atoms with Gasteiger partial charge in [0.1, 0.15) is 5.82 Å². The van der Waals surface area contributed by atoms with Crippen LogP contribution in [0.2, 0.25) is 5.02 Å². The maximum atomic E-state index is 13.7. The second-order valence-electron chi connectivity index (χ2n) is 4.87. The van der Waals surface area contributed by atoms with Crippen molar-refractivity contribution in [1.82, 2.24) is 4.90 Å². The first kappa shape index (κ1) is 15.5. The van der Waals surface area contributed by atoms with Gasteiger partial charge in [0.25, 0.3) is 0 Å². The summed E-state index contributed by atoms with van der Waals surface area (Å²) >= 11 is 6.00. The Balaban J connectivity index is 2.04. The Labute approximate surface area is 127 Å². The second-order valence-corrected chi connectivity index (χ2v) is 5.28. The van der Waals surface area contributed by atoms with Gasteiger partial charge in [-0.05, 0) is 36.9 Å². The van der Waals surface area contributed by atoms with Gasteiger partial charge >= 0.3 is 5.97 Å². The molecule has 0 heterocycles. The van der Waals surface area contributed by atoms with Crippen LogP contribution >= 0.6 is 11.6 Å². The SMILES string of the molecule is CN(Cc1ccc(C(=O)O)cc1)Cc1c(F)cccc1Cl. The zero-order valence-corrected chi connectivity index (χ0v) is 12.3. The number of hydrogen-bond donors (Lipinski definition) is 1. The molecule has 0 radical (unpaired) electrons.